The van der Waals surface area contributed by atoms with E-state index in [1.807, 2.05) is 0 Å². The Morgan fingerprint density at radius 1 is 1.45 bits per heavy atom. The standard InChI is InChI=1S/C12H15N3O5/c1-3-14(7-11(16)17)10-6-8(12(18)13-2)4-5-9(10)15(19)20/h4-6H,3,7H2,1-2H3,(H,13,18)(H,16,17). The molecule has 1 rings (SSSR count). The molecule has 108 valence electrons. The van der Waals surface area contributed by atoms with Crippen LogP contribution in [0.25, 0.3) is 0 Å². The fourth-order valence-corrected chi connectivity index (χ4v) is 1.75. The zero-order chi connectivity index (χ0) is 15.3. The second-order valence-corrected chi connectivity index (χ2v) is 3.95. The number of amides is 1. The van der Waals surface area contributed by atoms with E-state index >= 15 is 0 Å². The molecule has 1 aromatic carbocycles. The van der Waals surface area contributed by atoms with Crippen molar-refractivity contribution < 1.29 is 19.6 Å². The average Bonchev–Trinajstić information content (AvgIpc) is 2.42. The minimum atomic E-state index is -1.11. The van der Waals surface area contributed by atoms with Crippen molar-refractivity contribution in [2.24, 2.45) is 0 Å². The van der Waals surface area contributed by atoms with Crippen LogP contribution in [0.4, 0.5) is 11.4 Å². The van der Waals surface area contributed by atoms with E-state index in [1.54, 1.807) is 6.92 Å². The van der Waals surface area contributed by atoms with Crippen LogP contribution in [0.2, 0.25) is 0 Å². The predicted octanol–water partition coefficient (Wildman–Crippen LogP) is 0.865. The van der Waals surface area contributed by atoms with Crippen molar-refractivity contribution in [3.8, 4) is 0 Å². The Morgan fingerprint density at radius 3 is 2.55 bits per heavy atom. The Hall–Kier alpha value is -2.64. The molecule has 0 fully saturated rings. The molecule has 0 aliphatic carbocycles. The van der Waals surface area contributed by atoms with Crippen molar-refractivity contribution in [3.63, 3.8) is 0 Å². The van der Waals surface area contributed by atoms with Crippen molar-refractivity contribution >= 4 is 23.3 Å². The first-order valence-electron chi connectivity index (χ1n) is 5.88. The number of carbonyl (C=O) groups is 2. The number of carboxylic acid groups (broad SMARTS) is 1. The summed E-state index contributed by atoms with van der Waals surface area (Å²) in [7, 11) is 1.44. The van der Waals surface area contributed by atoms with Gasteiger partial charge in [-0.3, -0.25) is 19.7 Å². The Labute approximate surface area is 115 Å². The van der Waals surface area contributed by atoms with Crippen molar-refractivity contribution in [1.29, 1.82) is 0 Å². The number of carbonyl (C=O) groups excluding carboxylic acids is 1. The number of aliphatic carboxylic acids is 1. The van der Waals surface area contributed by atoms with Crippen LogP contribution in [-0.4, -0.2) is 42.0 Å². The monoisotopic (exact) mass is 281 g/mol. The van der Waals surface area contributed by atoms with Crippen molar-refractivity contribution in [1.82, 2.24) is 5.32 Å². The smallest absolute Gasteiger partial charge is 0.323 e. The average molecular weight is 281 g/mol. The Kier molecular flexibility index (Phi) is 5.01. The normalized spacial score (nSPS) is 9.90. The Morgan fingerprint density at radius 2 is 2.10 bits per heavy atom. The molecule has 8 heteroatoms. The third-order valence-electron chi connectivity index (χ3n) is 2.71. The summed E-state index contributed by atoms with van der Waals surface area (Å²) in [5, 5.41) is 22.3. The van der Waals surface area contributed by atoms with E-state index in [1.165, 1.54) is 30.1 Å². The van der Waals surface area contributed by atoms with Crippen LogP contribution >= 0.6 is 0 Å². The fraction of sp³-hybridized carbons (Fsp3) is 0.333. The SMILES string of the molecule is CCN(CC(=O)O)c1cc(C(=O)NC)ccc1[N+](=O)[O-]. The topological polar surface area (TPSA) is 113 Å². The molecule has 0 atom stereocenters. The molecule has 20 heavy (non-hydrogen) atoms. The first-order chi connectivity index (χ1) is 9.40. The molecule has 0 heterocycles. The third kappa shape index (κ3) is 3.44. The van der Waals surface area contributed by atoms with Gasteiger partial charge >= 0.3 is 5.97 Å². The first kappa shape index (κ1) is 15.4. The summed E-state index contributed by atoms with van der Waals surface area (Å²) in [5.41, 5.74) is 0.110. The van der Waals surface area contributed by atoms with Crippen LogP contribution in [0.1, 0.15) is 17.3 Å². The summed E-state index contributed by atoms with van der Waals surface area (Å²) >= 11 is 0. The van der Waals surface area contributed by atoms with Crippen LogP contribution in [0.3, 0.4) is 0 Å². The highest BCUT2D eigenvalue weighted by molar-refractivity contribution is 5.96. The molecular formula is C12H15N3O5. The summed E-state index contributed by atoms with van der Waals surface area (Å²) in [6, 6.07) is 3.85. The molecule has 8 nitrogen and oxygen atoms in total. The van der Waals surface area contributed by atoms with Crippen LogP contribution in [0, 0.1) is 10.1 Å². The second kappa shape index (κ2) is 6.50. The zero-order valence-electron chi connectivity index (χ0n) is 11.1. The number of nitro groups is 1. The lowest BCUT2D eigenvalue weighted by Gasteiger charge is -2.21. The molecule has 0 saturated heterocycles. The van der Waals surface area contributed by atoms with E-state index in [2.05, 4.69) is 5.32 Å². The maximum Gasteiger partial charge on any atom is 0.323 e. The van der Waals surface area contributed by atoms with Gasteiger partial charge in [0.1, 0.15) is 12.2 Å². The zero-order valence-corrected chi connectivity index (χ0v) is 11.1. The second-order valence-electron chi connectivity index (χ2n) is 3.95. The number of hydrogen-bond acceptors (Lipinski definition) is 5. The number of likely N-dealkylation sites (N-methyl/N-ethyl adjacent to an activating group) is 1. The minimum absolute atomic E-state index is 0.112. The lowest BCUT2D eigenvalue weighted by molar-refractivity contribution is -0.384. The molecule has 1 amide bonds. The molecular weight excluding hydrogens is 266 g/mol. The molecule has 1 aromatic rings. The van der Waals surface area contributed by atoms with Crippen LogP contribution in [-0.2, 0) is 4.79 Å². The maximum absolute atomic E-state index is 11.6. The summed E-state index contributed by atoms with van der Waals surface area (Å²) in [5.74, 6) is -1.50. The molecule has 0 aliphatic rings. The van der Waals surface area contributed by atoms with Gasteiger partial charge in [-0.05, 0) is 19.1 Å². The number of nitro benzene ring substituents is 1. The van der Waals surface area contributed by atoms with Crippen molar-refractivity contribution in [3.05, 3.63) is 33.9 Å². The number of benzene rings is 1. The molecule has 2 N–H and O–H groups in total. The molecule has 0 bridgehead atoms. The third-order valence-corrected chi connectivity index (χ3v) is 2.71. The molecule has 0 unspecified atom stereocenters. The quantitative estimate of drug-likeness (QED) is 0.590. The maximum atomic E-state index is 11.6. The number of nitrogens with zero attached hydrogens (tertiary/aromatic N) is 2. The molecule has 0 saturated carbocycles. The first-order valence-corrected chi connectivity index (χ1v) is 5.88. The lowest BCUT2D eigenvalue weighted by Crippen LogP contribution is -2.30. The van der Waals surface area contributed by atoms with Gasteiger partial charge in [0.05, 0.1) is 4.92 Å². The van der Waals surface area contributed by atoms with E-state index in [4.69, 9.17) is 5.11 Å². The van der Waals surface area contributed by atoms with Crippen molar-refractivity contribution in [2.45, 2.75) is 6.92 Å². The highest BCUT2D eigenvalue weighted by atomic mass is 16.6. The summed E-state index contributed by atoms with van der Waals surface area (Å²) in [6.07, 6.45) is 0. The van der Waals surface area contributed by atoms with E-state index in [-0.39, 0.29) is 30.0 Å². The van der Waals surface area contributed by atoms with E-state index in [9.17, 15) is 19.7 Å². The van der Waals surface area contributed by atoms with Crippen LogP contribution in [0.5, 0.6) is 0 Å². The van der Waals surface area contributed by atoms with Crippen LogP contribution < -0.4 is 10.2 Å². The van der Waals surface area contributed by atoms with Gasteiger partial charge in [0.15, 0.2) is 0 Å². The van der Waals surface area contributed by atoms with E-state index in [0.717, 1.165) is 0 Å². The molecule has 0 aromatic heterocycles. The highest BCUT2D eigenvalue weighted by Gasteiger charge is 2.22. The van der Waals surface area contributed by atoms with Gasteiger partial charge < -0.3 is 15.3 Å². The van der Waals surface area contributed by atoms with Crippen LogP contribution in [0.15, 0.2) is 18.2 Å². The largest absolute Gasteiger partial charge is 0.480 e. The van der Waals surface area contributed by atoms with Gasteiger partial charge in [-0.25, -0.2) is 0 Å². The molecule has 0 radical (unpaired) electrons. The number of nitrogens with one attached hydrogen (secondary N) is 1. The predicted molar refractivity (Wildman–Crippen MR) is 72.0 cm³/mol. The summed E-state index contributed by atoms with van der Waals surface area (Å²) in [4.78, 5) is 34.1. The van der Waals surface area contributed by atoms with E-state index < -0.39 is 16.8 Å². The van der Waals surface area contributed by atoms with Gasteiger partial charge in [-0.15, -0.1) is 0 Å². The van der Waals surface area contributed by atoms with Gasteiger partial charge in [-0.2, -0.15) is 0 Å². The van der Waals surface area contributed by atoms with Gasteiger partial charge in [0, 0.05) is 25.2 Å². The lowest BCUT2D eigenvalue weighted by atomic mass is 10.1. The molecule has 0 spiro atoms. The summed E-state index contributed by atoms with van der Waals surface area (Å²) < 4.78 is 0. The van der Waals surface area contributed by atoms with Gasteiger partial charge in [-0.1, -0.05) is 0 Å². The van der Waals surface area contributed by atoms with Gasteiger partial charge in [0.2, 0.25) is 0 Å². The Balaban J connectivity index is 3.33. The number of carboxylic acids is 1. The van der Waals surface area contributed by atoms with E-state index in [0.29, 0.717) is 0 Å². The fourth-order valence-electron chi connectivity index (χ4n) is 1.75. The van der Waals surface area contributed by atoms with Gasteiger partial charge in [0.25, 0.3) is 11.6 Å². The molecule has 0 aliphatic heterocycles. The highest BCUT2D eigenvalue weighted by Crippen LogP contribution is 2.29. The number of rotatable bonds is 6. The number of anilines is 1. The van der Waals surface area contributed by atoms with Crippen molar-refractivity contribution in [2.75, 3.05) is 25.0 Å². The summed E-state index contributed by atoms with van der Waals surface area (Å²) in [6.45, 7) is 1.57. The Bertz CT molecular complexity index is 544. The number of hydrogen-bond donors (Lipinski definition) is 2. The minimum Gasteiger partial charge on any atom is -0.480 e.